The van der Waals surface area contributed by atoms with E-state index in [2.05, 4.69) is 55.6 Å². The summed E-state index contributed by atoms with van der Waals surface area (Å²) in [7, 11) is -1.99. The van der Waals surface area contributed by atoms with Crippen LogP contribution in [0.2, 0.25) is 0 Å². The molecule has 0 saturated carbocycles. The highest BCUT2D eigenvalue weighted by Gasteiger charge is 2.37. The first-order valence-electron chi connectivity index (χ1n) is 7.48. The van der Waals surface area contributed by atoms with Crippen LogP contribution in [0, 0.1) is 0 Å². The van der Waals surface area contributed by atoms with Gasteiger partial charge in [-0.25, -0.2) is 18.5 Å². The van der Waals surface area contributed by atoms with E-state index in [-0.39, 0.29) is 0 Å². The number of hydrogen-bond donors (Lipinski definition) is 0. The summed E-state index contributed by atoms with van der Waals surface area (Å²) in [6.07, 6.45) is 0. The van der Waals surface area contributed by atoms with Crippen LogP contribution in [-0.2, 0) is 0 Å². The largest absolute Gasteiger partial charge is 0.246 e. The van der Waals surface area contributed by atoms with Crippen molar-refractivity contribution in [1.82, 2.24) is 14.0 Å². The lowest BCUT2D eigenvalue weighted by Crippen LogP contribution is -2.41. The van der Waals surface area contributed by atoms with E-state index in [1.54, 1.807) is 0 Å². The van der Waals surface area contributed by atoms with E-state index in [9.17, 15) is 0 Å². The van der Waals surface area contributed by atoms with Crippen LogP contribution >= 0.6 is 36.8 Å². The third-order valence-corrected chi connectivity index (χ3v) is 10.2. The van der Waals surface area contributed by atoms with Gasteiger partial charge in [-0.1, -0.05) is 64.0 Å². The molecule has 0 aromatic rings. The molecule has 0 bridgehead atoms. The Morgan fingerprint density at radius 1 is 0.700 bits per heavy atom. The summed E-state index contributed by atoms with van der Waals surface area (Å²) < 4.78 is 12.3. The van der Waals surface area contributed by atoms with Crippen molar-refractivity contribution >= 4 is 36.8 Å². The van der Waals surface area contributed by atoms with Gasteiger partial charge in [-0.15, -0.1) is 0 Å². The minimum absolute atomic E-state index is 0.956. The van der Waals surface area contributed by atoms with Crippen molar-refractivity contribution in [3.05, 3.63) is 0 Å². The summed E-state index contributed by atoms with van der Waals surface area (Å²) in [5.74, 6) is 0. The van der Waals surface area contributed by atoms with Crippen LogP contribution in [0.5, 0.6) is 0 Å². The predicted octanol–water partition coefficient (Wildman–Crippen LogP) is 5.66. The fourth-order valence-corrected chi connectivity index (χ4v) is 9.67. The second-order valence-corrected chi connectivity index (χ2v) is 10.6. The van der Waals surface area contributed by atoms with E-state index in [0.717, 1.165) is 39.3 Å². The highest BCUT2D eigenvalue weighted by atomic mass is 35.9. The number of hydrogen-bond acceptors (Lipinski definition) is 1. The SMILES string of the molecule is CCN(CC)P(=NP(Cl)Cl)(N(CC)CC)N(CC)CC. The molecule has 0 atom stereocenters. The molecule has 0 aliphatic heterocycles. The van der Waals surface area contributed by atoms with Crippen LogP contribution in [0.15, 0.2) is 4.52 Å². The summed E-state index contributed by atoms with van der Waals surface area (Å²) >= 11 is 12.3. The van der Waals surface area contributed by atoms with Crippen molar-refractivity contribution in [3.8, 4) is 0 Å². The van der Waals surface area contributed by atoms with Crippen LogP contribution in [0.3, 0.4) is 0 Å². The van der Waals surface area contributed by atoms with Crippen LogP contribution < -0.4 is 0 Å². The molecule has 0 aromatic heterocycles. The Bertz CT molecular complexity index is 266. The van der Waals surface area contributed by atoms with E-state index < -0.39 is 14.3 Å². The van der Waals surface area contributed by atoms with Gasteiger partial charge >= 0.3 is 0 Å². The maximum Gasteiger partial charge on any atom is 0.209 e. The van der Waals surface area contributed by atoms with Gasteiger partial charge in [0.1, 0.15) is 0 Å². The molecule has 0 saturated heterocycles. The molecular formula is C12H30Cl2N4P2. The van der Waals surface area contributed by atoms with E-state index >= 15 is 0 Å². The first-order valence-corrected chi connectivity index (χ1v) is 12.2. The van der Waals surface area contributed by atoms with E-state index in [4.69, 9.17) is 27.0 Å². The third kappa shape index (κ3) is 4.81. The minimum Gasteiger partial charge on any atom is -0.246 e. The molecule has 0 radical (unpaired) electrons. The molecule has 122 valence electrons. The minimum atomic E-state index is -1.99. The Hall–Kier alpha value is 1.12. The summed E-state index contributed by atoms with van der Waals surface area (Å²) in [6.45, 7) is 17.5. The molecule has 0 N–H and O–H groups in total. The molecule has 0 amide bonds. The van der Waals surface area contributed by atoms with Gasteiger partial charge in [0.25, 0.3) is 0 Å². The highest BCUT2D eigenvalue weighted by molar-refractivity contribution is 8.04. The Kier molecular flexibility index (Phi) is 11.4. The topological polar surface area (TPSA) is 22.1 Å². The van der Waals surface area contributed by atoms with Crippen LogP contribution in [0.1, 0.15) is 41.5 Å². The van der Waals surface area contributed by atoms with Gasteiger partial charge < -0.3 is 0 Å². The zero-order chi connectivity index (χ0) is 15.8. The number of nitrogens with zero attached hydrogens (tertiary/aromatic N) is 4. The lowest BCUT2D eigenvalue weighted by molar-refractivity contribution is 0.341. The maximum atomic E-state index is 6.15. The van der Waals surface area contributed by atoms with Gasteiger partial charge in [0.2, 0.25) is 6.78 Å². The maximum absolute atomic E-state index is 6.15. The molecule has 0 aliphatic carbocycles. The van der Waals surface area contributed by atoms with Crippen LogP contribution in [-0.4, -0.2) is 53.3 Å². The molecule has 4 nitrogen and oxygen atoms in total. The summed E-state index contributed by atoms with van der Waals surface area (Å²) in [5, 5.41) is 0. The second kappa shape index (κ2) is 10.8. The Morgan fingerprint density at radius 2 is 0.950 bits per heavy atom. The van der Waals surface area contributed by atoms with Gasteiger partial charge in [0.15, 0.2) is 7.51 Å². The zero-order valence-corrected chi connectivity index (χ0v) is 17.0. The lowest BCUT2D eigenvalue weighted by Gasteiger charge is -2.48. The van der Waals surface area contributed by atoms with Crippen LogP contribution in [0.4, 0.5) is 0 Å². The van der Waals surface area contributed by atoms with Crippen molar-refractivity contribution < 1.29 is 0 Å². The third-order valence-electron chi connectivity index (χ3n) is 3.52. The van der Waals surface area contributed by atoms with E-state index in [1.165, 1.54) is 0 Å². The average Bonchev–Trinajstić information content (AvgIpc) is 2.41. The molecule has 0 aromatic carbocycles. The van der Waals surface area contributed by atoms with Gasteiger partial charge in [-0.3, -0.25) is 0 Å². The van der Waals surface area contributed by atoms with Gasteiger partial charge in [0.05, 0.1) is 0 Å². The molecule has 8 heteroatoms. The number of rotatable bonds is 10. The van der Waals surface area contributed by atoms with Gasteiger partial charge in [-0.2, -0.15) is 0 Å². The van der Waals surface area contributed by atoms with Crippen molar-refractivity contribution in [3.63, 3.8) is 0 Å². The molecule has 0 rings (SSSR count). The highest BCUT2D eigenvalue weighted by Crippen LogP contribution is 2.67. The van der Waals surface area contributed by atoms with Crippen molar-refractivity contribution in [1.29, 1.82) is 0 Å². The molecular weight excluding hydrogens is 333 g/mol. The second-order valence-electron chi connectivity index (χ2n) is 4.26. The summed E-state index contributed by atoms with van der Waals surface area (Å²) in [5.41, 5.74) is 0. The Balaban J connectivity index is 6.15. The zero-order valence-electron chi connectivity index (χ0n) is 13.7. The predicted molar refractivity (Wildman–Crippen MR) is 96.7 cm³/mol. The number of halogens is 2. The standard InChI is InChI=1S/C12H30Cl2N4P2/c1-7-16(8-2)20(15-19(13)14,17(9-3)10-4)18(11-5)12-6/h7-12H2,1-6H3. The summed E-state index contributed by atoms with van der Waals surface area (Å²) in [6, 6.07) is 0. The smallest absolute Gasteiger partial charge is 0.209 e. The fraction of sp³-hybridized carbons (Fsp3) is 1.00. The molecule has 0 unspecified atom stereocenters. The van der Waals surface area contributed by atoms with Gasteiger partial charge in [-0.05, 0) is 0 Å². The fourth-order valence-electron chi connectivity index (χ4n) is 2.61. The van der Waals surface area contributed by atoms with Crippen molar-refractivity contribution in [2.45, 2.75) is 41.5 Å². The molecule has 20 heavy (non-hydrogen) atoms. The van der Waals surface area contributed by atoms with E-state index in [1.807, 2.05) is 0 Å². The van der Waals surface area contributed by atoms with Crippen LogP contribution in [0.25, 0.3) is 0 Å². The van der Waals surface area contributed by atoms with E-state index in [0.29, 0.717) is 0 Å². The van der Waals surface area contributed by atoms with Gasteiger partial charge in [0, 0.05) is 39.3 Å². The first kappa shape index (κ1) is 21.1. The molecule has 0 fully saturated rings. The molecule has 0 heterocycles. The quantitative estimate of drug-likeness (QED) is 0.468. The average molecular weight is 363 g/mol. The van der Waals surface area contributed by atoms with Crippen molar-refractivity contribution in [2.75, 3.05) is 39.3 Å². The first-order chi connectivity index (χ1) is 9.47. The van der Waals surface area contributed by atoms with Crippen molar-refractivity contribution in [2.24, 2.45) is 4.52 Å². The summed E-state index contributed by atoms with van der Waals surface area (Å²) in [4.78, 5) is 0. The normalized spacial score (nSPS) is 13.0. The Labute approximate surface area is 136 Å². The molecule has 0 spiro atoms. The Morgan fingerprint density at radius 3 is 1.10 bits per heavy atom. The lowest BCUT2D eigenvalue weighted by atomic mass is 10.7. The molecule has 0 aliphatic rings. The monoisotopic (exact) mass is 362 g/mol.